The largest absolute Gasteiger partial charge is 0.507 e. The molecule has 0 unspecified atom stereocenters. The van der Waals surface area contributed by atoms with Gasteiger partial charge in [0.25, 0.3) is 0 Å². The van der Waals surface area contributed by atoms with Crippen molar-refractivity contribution in [2.45, 2.75) is 52.4 Å². The number of methoxy groups -OCH3 is 1. The highest BCUT2D eigenvalue weighted by atomic mass is 16.5. The lowest BCUT2D eigenvalue weighted by molar-refractivity contribution is 0.0971. The van der Waals surface area contributed by atoms with Gasteiger partial charge in [-0.15, -0.1) is 0 Å². The lowest BCUT2D eigenvalue weighted by Crippen LogP contribution is -2.25. The van der Waals surface area contributed by atoms with Crippen molar-refractivity contribution in [3.05, 3.63) is 69.8 Å². The van der Waals surface area contributed by atoms with Crippen LogP contribution in [0.1, 0.15) is 78.9 Å². The molecule has 4 nitrogen and oxygen atoms in total. The first-order valence-electron chi connectivity index (χ1n) is 10.2. The average Bonchev–Trinajstić information content (AvgIpc) is 2.65. The van der Waals surface area contributed by atoms with Crippen LogP contribution in [0, 0.1) is 0 Å². The quantitative estimate of drug-likeness (QED) is 0.734. The van der Waals surface area contributed by atoms with E-state index in [1.807, 2.05) is 53.7 Å². The normalized spacial score (nSPS) is 14.9. The Labute approximate surface area is 178 Å². The number of carbonyl (C=O) groups is 2. The van der Waals surface area contributed by atoms with Crippen LogP contribution in [0.3, 0.4) is 0 Å². The van der Waals surface area contributed by atoms with Crippen LogP contribution in [0.2, 0.25) is 0 Å². The fourth-order valence-electron chi connectivity index (χ4n) is 3.94. The number of phenolic OH excluding ortho intramolecular Hbond substituents is 1. The number of ketones is 2. The maximum Gasteiger partial charge on any atom is 0.194 e. The van der Waals surface area contributed by atoms with Gasteiger partial charge in [-0.2, -0.15) is 0 Å². The molecule has 0 saturated heterocycles. The summed E-state index contributed by atoms with van der Waals surface area (Å²) in [5.74, 6) is -0.143. The fourth-order valence-corrected chi connectivity index (χ4v) is 3.94. The fraction of sp³-hybridized carbons (Fsp3) is 0.385. The number of ether oxygens (including phenoxy) is 1. The maximum absolute atomic E-state index is 13.5. The van der Waals surface area contributed by atoms with Crippen molar-refractivity contribution < 1.29 is 19.4 Å². The first-order chi connectivity index (χ1) is 13.9. The second-order valence-electron chi connectivity index (χ2n) is 9.91. The van der Waals surface area contributed by atoms with Gasteiger partial charge in [0.1, 0.15) is 5.75 Å². The highest BCUT2D eigenvalue weighted by Crippen LogP contribution is 2.43. The number of benzene rings is 2. The molecule has 0 saturated carbocycles. The number of rotatable bonds is 3. The summed E-state index contributed by atoms with van der Waals surface area (Å²) in [5, 5.41) is 11.0. The molecule has 4 heteroatoms. The lowest BCUT2D eigenvalue weighted by Gasteiger charge is -2.29. The first kappa shape index (κ1) is 22.0. The van der Waals surface area contributed by atoms with Crippen molar-refractivity contribution >= 4 is 17.1 Å². The number of Topliss-reactive ketones (excluding diaryl/α,β-unsaturated/α-hetero) is 2. The molecule has 0 heterocycles. The third kappa shape index (κ3) is 3.72. The second kappa shape index (κ2) is 7.51. The third-order valence-electron chi connectivity index (χ3n) is 5.52. The SMILES string of the molecule is COCC1=C(c2cc(C(C)(C)C)c(O)c(C(C)(C)C)c2)C(=O)c2ccccc2C1=O. The smallest absolute Gasteiger partial charge is 0.194 e. The molecule has 0 aliphatic heterocycles. The maximum atomic E-state index is 13.5. The van der Waals surface area contributed by atoms with Gasteiger partial charge < -0.3 is 9.84 Å². The van der Waals surface area contributed by atoms with Crippen LogP contribution in [0.25, 0.3) is 5.57 Å². The standard InChI is InChI=1S/C26H30O4/c1-25(2,3)19-12-15(13-20(24(19)29)26(4,5)6)21-18(14-30-7)22(27)16-10-8-9-11-17(16)23(21)28/h8-13,29H,14H2,1-7H3. The molecule has 0 fully saturated rings. The van der Waals surface area contributed by atoms with Crippen LogP contribution in [0.5, 0.6) is 5.75 Å². The van der Waals surface area contributed by atoms with E-state index < -0.39 is 0 Å². The van der Waals surface area contributed by atoms with Crippen molar-refractivity contribution in [3.8, 4) is 5.75 Å². The van der Waals surface area contributed by atoms with Gasteiger partial charge >= 0.3 is 0 Å². The van der Waals surface area contributed by atoms with E-state index in [9.17, 15) is 14.7 Å². The lowest BCUT2D eigenvalue weighted by atomic mass is 9.75. The Hall–Kier alpha value is -2.72. The van der Waals surface area contributed by atoms with Crippen molar-refractivity contribution in [2.75, 3.05) is 13.7 Å². The Bertz CT molecular complexity index is 1020. The van der Waals surface area contributed by atoms with Crippen molar-refractivity contribution in [1.82, 2.24) is 0 Å². The predicted molar refractivity (Wildman–Crippen MR) is 119 cm³/mol. The number of phenols is 1. The molecular formula is C26H30O4. The molecular weight excluding hydrogens is 376 g/mol. The second-order valence-corrected chi connectivity index (χ2v) is 9.91. The Morgan fingerprint density at radius 3 is 1.73 bits per heavy atom. The summed E-state index contributed by atoms with van der Waals surface area (Å²) < 4.78 is 5.31. The Balaban J connectivity index is 2.38. The highest BCUT2D eigenvalue weighted by Gasteiger charge is 2.35. The molecule has 0 atom stereocenters. The zero-order valence-electron chi connectivity index (χ0n) is 18.8. The van der Waals surface area contributed by atoms with E-state index in [0.717, 1.165) is 11.1 Å². The van der Waals surface area contributed by atoms with E-state index >= 15 is 0 Å². The zero-order valence-corrected chi connectivity index (χ0v) is 18.8. The van der Waals surface area contributed by atoms with Crippen molar-refractivity contribution in [1.29, 1.82) is 0 Å². The summed E-state index contributed by atoms with van der Waals surface area (Å²) in [7, 11) is 1.51. The van der Waals surface area contributed by atoms with E-state index in [2.05, 4.69) is 0 Å². The molecule has 30 heavy (non-hydrogen) atoms. The Morgan fingerprint density at radius 1 is 0.833 bits per heavy atom. The molecule has 1 N–H and O–H groups in total. The van der Waals surface area contributed by atoms with Crippen LogP contribution < -0.4 is 0 Å². The molecule has 1 aliphatic rings. The molecule has 3 rings (SSSR count). The molecule has 0 aromatic heterocycles. The molecule has 0 bridgehead atoms. The van der Waals surface area contributed by atoms with Crippen LogP contribution >= 0.6 is 0 Å². The topological polar surface area (TPSA) is 63.6 Å². The summed E-state index contributed by atoms with van der Waals surface area (Å²) in [4.78, 5) is 26.8. The molecule has 158 valence electrons. The van der Waals surface area contributed by atoms with Crippen LogP contribution in [0.15, 0.2) is 42.0 Å². The van der Waals surface area contributed by atoms with Gasteiger partial charge in [-0.05, 0) is 28.5 Å². The summed E-state index contributed by atoms with van der Waals surface area (Å²) in [6.07, 6.45) is 0. The minimum Gasteiger partial charge on any atom is -0.507 e. The van der Waals surface area contributed by atoms with Gasteiger partial charge in [-0.1, -0.05) is 65.8 Å². The molecule has 2 aromatic carbocycles. The Kier molecular flexibility index (Phi) is 5.50. The highest BCUT2D eigenvalue weighted by molar-refractivity contribution is 6.40. The molecule has 2 aromatic rings. The van der Waals surface area contributed by atoms with Crippen LogP contribution in [-0.2, 0) is 15.6 Å². The summed E-state index contributed by atoms with van der Waals surface area (Å²) in [6.45, 7) is 12.2. The van der Waals surface area contributed by atoms with Crippen LogP contribution in [0.4, 0.5) is 0 Å². The summed E-state index contributed by atoms with van der Waals surface area (Å²) in [5.41, 5.74) is 2.96. The van der Waals surface area contributed by atoms with Crippen molar-refractivity contribution in [3.63, 3.8) is 0 Å². The molecule has 0 amide bonds. The van der Waals surface area contributed by atoms with E-state index in [4.69, 9.17) is 4.74 Å². The predicted octanol–water partition coefficient (Wildman–Crippen LogP) is 5.47. The number of carbonyl (C=O) groups excluding carboxylic acids is 2. The minimum atomic E-state index is -0.346. The van der Waals surface area contributed by atoms with E-state index in [1.165, 1.54) is 7.11 Å². The Morgan fingerprint density at radius 2 is 1.30 bits per heavy atom. The first-order valence-corrected chi connectivity index (χ1v) is 10.2. The van der Waals surface area contributed by atoms with Gasteiger partial charge in [0.05, 0.1) is 6.61 Å². The summed E-state index contributed by atoms with van der Waals surface area (Å²) in [6, 6.07) is 10.6. The average molecular weight is 407 g/mol. The van der Waals surface area contributed by atoms with E-state index in [-0.39, 0.29) is 34.8 Å². The number of hydrogen-bond donors (Lipinski definition) is 1. The molecule has 0 spiro atoms. The number of hydrogen-bond acceptors (Lipinski definition) is 4. The number of allylic oxidation sites excluding steroid dienone is 1. The summed E-state index contributed by atoms with van der Waals surface area (Å²) >= 11 is 0. The van der Waals surface area contributed by atoms with Crippen molar-refractivity contribution in [2.24, 2.45) is 0 Å². The van der Waals surface area contributed by atoms with E-state index in [1.54, 1.807) is 24.3 Å². The third-order valence-corrected chi connectivity index (χ3v) is 5.52. The van der Waals surface area contributed by atoms with Gasteiger partial charge in [0.2, 0.25) is 0 Å². The van der Waals surface area contributed by atoms with E-state index in [0.29, 0.717) is 27.8 Å². The molecule has 1 aliphatic carbocycles. The number of fused-ring (bicyclic) bond motifs is 1. The van der Waals surface area contributed by atoms with Gasteiger partial charge in [-0.3, -0.25) is 9.59 Å². The van der Waals surface area contributed by atoms with Crippen LogP contribution in [-0.4, -0.2) is 30.4 Å². The van der Waals surface area contributed by atoms with Gasteiger partial charge in [-0.25, -0.2) is 0 Å². The van der Waals surface area contributed by atoms with Gasteiger partial charge in [0.15, 0.2) is 11.6 Å². The number of aromatic hydroxyl groups is 1. The monoisotopic (exact) mass is 406 g/mol. The zero-order chi connectivity index (χ0) is 22.4. The van der Waals surface area contributed by atoms with Gasteiger partial charge in [0, 0.05) is 40.5 Å². The molecule has 0 radical (unpaired) electrons. The minimum absolute atomic E-state index is 0.0464.